The van der Waals surface area contributed by atoms with Gasteiger partial charge in [0.25, 0.3) is 0 Å². The van der Waals surface area contributed by atoms with Gasteiger partial charge in [-0.05, 0) is 84.5 Å². The van der Waals surface area contributed by atoms with E-state index in [0.29, 0.717) is 42.7 Å². The molecule has 1 N–H and O–H groups in total. The van der Waals surface area contributed by atoms with Crippen molar-refractivity contribution in [3.05, 3.63) is 100 Å². The normalized spacial score (nSPS) is 14.1. The number of carbonyl (C=O) groups excluding carboxylic acids is 1. The van der Waals surface area contributed by atoms with Crippen molar-refractivity contribution in [2.75, 3.05) is 44.9 Å². The molecule has 8 heteroatoms. The molecule has 210 valence electrons. The second-order valence-electron chi connectivity index (χ2n) is 10.3. The third kappa shape index (κ3) is 7.02. The summed E-state index contributed by atoms with van der Waals surface area (Å²) in [5, 5.41) is 5.17. The Labute approximate surface area is 239 Å². The molecule has 0 radical (unpaired) electrons. The van der Waals surface area contributed by atoms with Gasteiger partial charge in [-0.25, -0.2) is 9.18 Å². The molecule has 5 rings (SSSR count). The maximum Gasteiger partial charge on any atom is 0.337 e. The van der Waals surface area contributed by atoms with Crippen LogP contribution in [0.3, 0.4) is 0 Å². The number of ether oxygens (including phenoxy) is 2. The number of carbonyl (C=O) groups is 1. The Bertz CT molecular complexity index is 1410. The fourth-order valence-electron chi connectivity index (χ4n) is 5.31. The van der Waals surface area contributed by atoms with Gasteiger partial charge >= 0.3 is 5.97 Å². The van der Waals surface area contributed by atoms with Crippen LogP contribution in [-0.2, 0) is 22.6 Å². The largest absolute Gasteiger partial charge is 0.465 e. The highest BCUT2D eigenvalue weighted by molar-refractivity contribution is 6.30. The number of methoxy groups -OCH3 is 1. The van der Waals surface area contributed by atoms with Crippen molar-refractivity contribution in [3.8, 4) is 0 Å². The molecule has 0 saturated carbocycles. The van der Waals surface area contributed by atoms with Gasteiger partial charge in [0, 0.05) is 61.6 Å². The fourth-order valence-corrected chi connectivity index (χ4v) is 5.43. The molecule has 6 nitrogen and oxygen atoms in total. The zero-order valence-corrected chi connectivity index (χ0v) is 23.5. The number of fused-ring (bicyclic) bond motifs is 1. The summed E-state index contributed by atoms with van der Waals surface area (Å²) in [6.07, 6.45) is 4.15. The highest BCUT2D eigenvalue weighted by Gasteiger charge is 2.20. The van der Waals surface area contributed by atoms with Crippen molar-refractivity contribution >= 4 is 34.2 Å². The summed E-state index contributed by atoms with van der Waals surface area (Å²) < 4.78 is 27.3. The molecule has 0 atom stereocenters. The molecule has 0 aliphatic carbocycles. The first-order chi connectivity index (χ1) is 19.5. The van der Waals surface area contributed by atoms with Gasteiger partial charge in [-0.1, -0.05) is 23.7 Å². The SMILES string of the molecule is COC(=O)c1ccc(N2CCC(COCCNCc3cc(F)cc4c3ccn4Cc3ccc(Cl)cc3)CC2)cc1. The van der Waals surface area contributed by atoms with Crippen LogP contribution in [0.4, 0.5) is 10.1 Å². The average Bonchev–Trinajstić information content (AvgIpc) is 3.38. The lowest BCUT2D eigenvalue weighted by Gasteiger charge is -2.33. The smallest absolute Gasteiger partial charge is 0.337 e. The van der Waals surface area contributed by atoms with Crippen LogP contribution in [0.25, 0.3) is 10.9 Å². The number of esters is 1. The first-order valence-corrected chi connectivity index (χ1v) is 14.1. The first-order valence-electron chi connectivity index (χ1n) is 13.7. The second kappa shape index (κ2) is 13.3. The fraction of sp³-hybridized carbons (Fsp3) is 0.344. The number of aromatic nitrogens is 1. The number of piperidine rings is 1. The van der Waals surface area contributed by atoms with Gasteiger partial charge in [0.05, 0.1) is 24.8 Å². The maximum atomic E-state index is 14.5. The van der Waals surface area contributed by atoms with Crippen LogP contribution in [0.5, 0.6) is 0 Å². The molecule has 0 spiro atoms. The number of rotatable bonds is 11. The van der Waals surface area contributed by atoms with Crippen LogP contribution < -0.4 is 10.2 Å². The third-order valence-corrected chi connectivity index (χ3v) is 7.82. The first kappa shape index (κ1) is 28.1. The Kier molecular flexibility index (Phi) is 9.37. The van der Waals surface area contributed by atoms with E-state index in [0.717, 1.165) is 60.3 Å². The lowest BCUT2D eigenvalue weighted by atomic mass is 9.97. The molecule has 0 bridgehead atoms. The molecule has 1 aliphatic rings. The van der Waals surface area contributed by atoms with Crippen LogP contribution >= 0.6 is 11.6 Å². The van der Waals surface area contributed by atoms with Gasteiger partial charge in [-0.15, -0.1) is 0 Å². The van der Waals surface area contributed by atoms with E-state index in [1.165, 1.54) is 7.11 Å². The molecule has 1 aliphatic heterocycles. The standard InChI is InChI=1S/C32H35ClFN3O3/c1-39-32(38)25-4-8-29(9-5-25)36-14-10-24(11-15-36)22-40-17-13-35-20-26-18-28(34)19-31-30(26)12-16-37(31)21-23-2-6-27(33)7-3-23/h2-9,12,16,18-19,24,35H,10-11,13-15,17,20-22H2,1H3. The summed E-state index contributed by atoms with van der Waals surface area (Å²) in [5.41, 5.74) is 4.63. The van der Waals surface area contributed by atoms with Crippen molar-refractivity contribution in [2.24, 2.45) is 5.92 Å². The number of anilines is 1. The highest BCUT2D eigenvalue weighted by atomic mass is 35.5. The van der Waals surface area contributed by atoms with E-state index in [9.17, 15) is 9.18 Å². The van der Waals surface area contributed by atoms with Crippen molar-refractivity contribution in [1.29, 1.82) is 0 Å². The van der Waals surface area contributed by atoms with Crippen LogP contribution in [0.1, 0.15) is 34.3 Å². The van der Waals surface area contributed by atoms with Crippen molar-refractivity contribution < 1.29 is 18.7 Å². The number of nitrogens with one attached hydrogen (secondary N) is 1. The van der Waals surface area contributed by atoms with E-state index < -0.39 is 0 Å². The van der Waals surface area contributed by atoms with E-state index in [4.69, 9.17) is 21.1 Å². The Balaban J connectivity index is 1.04. The monoisotopic (exact) mass is 563 g/mol. The molecule has 4 aromatic rings. The summed E-state index contributed by atoms with van der Waals surface area (Å²) in [6.45, 7) is 5.24. The van der Waals surface area contributed by atoms with Crippen LogP contribution in [-0.4, -0.2) is 50.5 Å². The van der Waals surface area contributed by atoms with Crippen LogP contribution in [0.2, 0.25) is 5.02 Å². The Morgan fingerprint density at radius 3 is 2.52 bits per heavy atom. The van der Waals surface area contributed by atoms with E-state index >= 15 is 0 Å². The molecule has 1 fully saturated rings. The number of nitrogens with zero attached hydrogens (tertiary/aromatic N) is 2. The lowest BCUT2D eigenvalue weighted by molar-refractivity contribution is 0.0600. The van der Waals surface area contributed by atoms with Crippen LogP contribution in [0.15, 0.2) is 72.9 Å². The minimum absolute atomic E-state index is 0.234. The Hall–Kier alpha value is -3.39. The van der Waals surface area contributed by atoms with Crippen molar-refractivity contribution in [1.82, 2.24) is 9.88 Å². The van der Waals surface area contributed by atoms with E-state index in [-0.39, 0.29) is 11.8 Å². The van der Waals surface area contributed by atoms with Crippen LogP contribution in [0, 0.1) is 11.7 Å². The molecule has 0 unspecified atom stereocenters. The predicted octanol–water partition coefficient (Wildman–Crippen LogP) is 6.29. The molecule has 3 aromatic carbocycles. The summed E-state index contributed by atoms with van der Waals surface area (Å²) in [5.74, 6) is -0.0124. The minimum Gasteiger partial charge on any atom is -0.465 e. The predicted molar refractivity (Wildman–Crippen MR) is 158 cm³/mol. The van der Waals surface area contributed by atoms with E-state index in [1.807, 2.05) is 54.7 Å². The minimum atomic E-state index is -0.314. The Morgan fingerprint density at radius 1 is 1.05 bits per heavy atom. The Morgan fingerprint density at radius 2 is 1.80 bits per heavy atom. The zero-order valence-electron chi connectivity index (χ0n) is 22.7. The summed E-state index contributed by atoms with van der Waals surface area (Å²) in [7, 11) is 1.39. The second-order valence-corrected chi connectivity index (χ2v) is 10.7. The summed E-state index contributed by atoms with van der Waals surface area (Å²) in [4.78, 5) is 14.0. The van der Waals surface area contributed by atoms with Gasteiger partial charge in [-0.3, -0.25) is 0 Å². The molecule has 1 aromatic heterocycles. The topological polar surface area (TPSA) is 55.7 Å². The molecule has 40 heavy (non-hydrogen) atoms. The quantitative estimate of drug-likeness (QED) is 0.172. The highest BCUT2D eigenvalue weighted by Crippen LogP contribution is 2.25. The van der Waals surface area contributed by atoms with Crippen molar-refractivity contribution in [2.45, 2.75) is 25.9 Å². The number of hydrogen-bond acceptors (Lipinski definition) is 5. The average molecular weight is 564 g/mol. The van der Waals surface area contributed by atoms with E-state index in [1.54, 1.807) is 12.1 Å². The van der Waals surface area contributed by atoms with Crippen molar-refractivity contribution in [3.63, 3.8) is 0 Å². The van der Waals surface area contributed by atoms with Gasteiger partial charge in [0.15, 0.2) is 0 Å². The van der Waals surface area contributed by atoms with Gasteiger partial charge in [-0.2, -0.15) is 0 Å². The summed E-state index contributed by atoms with van der Waals surface area (Å²) in [6, 6.07) is 20.6. The number of hydrogen-bond donors (Lipinski definition) is 1. The molecule has 1 saturated heterocycles. The molecule has 2 heterocycles. The number of benzene rings is 3. The molecule has 0 amide bonds. The maximum absolute atomic E-state index is 14.5. The van der Waals surface area contributed by atoms with Gasteiger partial charge in [0.2, 0.25) is 0 Å². The summed E-state index contributed by atoms with van der Waals surface area (Å²) >= 11 is 6.01. The molecular weight excluding hydrogens is 529 g/mol. The zero-order chi connectivity index (χ0) is 27.9. The lowest BCUT2D eigenvalue weighted by Crippen LogP contribution is -2.35. The number of halogens is 2. The molecular formula is C32H35ClFN3O3. The van der Waals surface area contributed by atoms with E-state index in [2.05, 4.69) is 20.9 Å². The third-order valence-electron chi connectivity index (χ3n) is 7.57. The van der Waals surface area contributed by atoms with Gasteiger partial charge < -0.3 is 24.3 Å². The van der Waals surface area contributed by atoms with Gasteiger partial charge in [0.1, 0.15) is 5.82 Å².